The van der Waals surface area contributed by atoms with Gasteiger partial charge in [-0.2, -0.15) is 0 Å². The normalized spacial score (nSPS) is 12.4. The number of benzene rings is 4. The average Bonchev–Trinajstić information content (AvgIpc) is 2.70. The quantitative estimate of drug-likeness (QED) is 0.465. The fourth-order valence-corrected chi connectivity index (χ4v) is 5.88. The van der Waals surface area contributed by atoms with Gasteiger partial charge in [-0.1, -0.05) is 79.4 Å². The van der Waals surface area contributed by atoms with Crippen molar-refractivity contribution in [2.45, 2.75) is 24.5 Å². The fraction of sp³-hybridized carbons (Fsp3) is 0.167. The molecule has 0 atom stereocenters. The molecule has 0 saturated heterocycles. The lowest BCUT2D eigenvalue weighted by molar-refractivity contribution is 0.417. The van der Waals surface area contributed by atoms with Crippen LogP contribution in [0.2, 0.25) is 19.6 Å². The van der Waals surface area contributed by atoms with Crippen LogP contribution in [0.15, 0.2) is 71.6 Å². The minimum Gasteiger partial charge on any atom is -0.496 e. The SMILES string of the molecule is COc1ccc2cc([Si](C)(C)C)ccc2c1-c1c(S(N)(=O)=O)ccc2ccccc12. The number of fused-ring (bicyclic) bond motifs is 2. The highest BCUT2D eigenvalue weighted by molar-refractivity contribution is 7.89. The number of sulfonamides is 1. The lowest BCUT2D eigenvalue weighted by atomic mass is 9.93. The van der Waals surface area contributed by atoms with Gasteiger partial charge in [0.1, 0.15) is 5.75 Å². The summed E-state index contributed by atoms with van der Waals surface area (Å²) < 4.78 is 30.8. The van der Waals surface area contributed by atoms with Crippen LogP contribution < -0.4 is 15.1 Å². The Morgan fingerprint density at radius 2 is 1.47 bits per heavy atom. The van der Waals surface area contributed by atoms with Crippen LogP contribution in [0.4, 0.5) is 0 Å². The number of methoxy groups -OCH3 is 1. The van der Waals surface area contributed by atoms with E-state index in [1.54, 1.807) is 19.2 Å². The number of hydrogen-bond acceptors (Lipinski definition) is 3. The van der Waals surface area contributed by atoms with Crippen molar-refractivity contribution in [2.75, 3.05) is 7.11 Å². The van der Waals surface area contributed by atoms with E-state index in [0.717, 1.165) is 27.1 Å². The zero-order chi connectivity index (χ0) is 21.7. The summed E-state index contributed by atoms with van der Waals surface area (Å²) in [4.78, 5) is 0.0984. The standard InChI is InChI=1S/C24H25NO3SSi/c1-28-21-13-9-17-15-18(30(2,3)4)11-12-20(17)23(21)24-19-8-6-5-7-16(19)10-14-22(24)29(25,26)27/h5-15H,1-4H3,(H2,25,26,27). The first-order chi connectivity index (χ1) is 14.1. The van der Waals surface area contributed by atoms with Crippen LogP contribution in [0.3, 0.4) is 0 Å². The molecular weight excluding hydrogens is 410 g/mol. The lowest BCUT2D eigenvalue weighted by Gasteiger charge is -2.20. The van der Waals surface area contributed by atoms with Gasteiger partial charge in [0, 0.05) is 11.1 Å². The van der Waals surface area contributed by atoms with Gasteiger partial charge in [-0.05, 0) is 33.7 Å². The summed E-state index contributed by atoms with van der Waals surface area (Å²) in [6, 6.07) is 21.5. The molecular formula is C24H25NO3SSi. The van der Waals surface area contributed by atoms with Crippen LogP contribution in [0.1, 0.15) is 0 Å². The molecule has 4 nitrogen and oxygen atoms in total. The van der Waals surface area contributed by atoms with Gasteiger partial charge in [0.05, 0.1) is 20.1 Å². The van der Waals surface area contributed by atoms with E-state index in [-0.39, 0.29) is 4.90 Å². The summed E-state index contributed by atoms with van der Waals surface area (Å²) in [5.41, 5.74) is 1.33. The lowest BCUT2D eigenvalue weighted by Crippen LogP contribution is -2.37. The summed E-state index contributed by atoms with van der Waals surface area (Å²) in [5.74, 6) is 0.615. The van der Waals surface area contributed by atoms with Crippen molar-refractivity contribution in [1.82, 2.24) is 0 Å². The molecule has 0 aromatic heterocycles. The van der Waals surface area contributed by atoms with E-state index in [1.165, 1.54) is 5.19 Å². The van der Waals surface area contributed by atoms with Crippen LogP contribution in [0.25, 0.3) is 32.7 Å². The Morgan fingerprint density at radius 3 is 2.13 bits per heavy atom. The number of ether oxygens (including phenoxy) is 1. The first-order valence-corrected chi connectivity index (χ1v) is 14.8. The Hall–Kier alpha value is -2.67. The molecule has 0 fully saturated rings. The molecule has 0 radical (unpaired) electrons. The van der Waals surface area contributed by atoms with Gasteiger partial charge in [-0.3, -0.25) is 0 Å². The summed E-state index contributed by atoms with van der Waals surface area (Å²) in [6.45, 7) is 6.92. The molecule has 6 heteroatoms. The molecule has 0 aliphatic heterocycles. The fourth-order valence-electron chi connectivity index (χ4n) is 3.95. The molecule has 0 unspecified atom stereocenters. The van der Waals surface area contributed by atoms with E-state index in [0.29, 0.717) is 11.3 Å². The minimum absolute atomic E-state index is 0.0984. The first-order valence-electron chi connectivity index (χ1n) is 9.77. The van der Waals surface area contributed by atoms with E-state index < -0.39 is 18.1 Å². The first kappa shape index (κ1) is 20.6. The summed E-state index contributed by atoms with van der Waals surface area (Å²) >= 11 is 0. The Morgan fingerprint density at radius 1 is 0.800 bits per heavy atom. The van der Waals surface area contributed by atoms with E-state index in [4.69, 9.17) is 9.88 Å². The van der Waals surface area contributed by atoms with Crippen LogP contribution in [-0.4, -0.2) is 23.6 Å². The second kappa shape index (κ2) is 7.23. The maximum atomic E-state index is 12.5. The zero-order valence-corrected chi connectivity index (χ0v) is 19.4. The van der Waals surface area contributed by atoms with Crippen molar-refractivity contribution >= 4 is 44.8 Å². The molecule has 0 amide bonds. The molecule has 0 heterocycles. The van der Waals surface area contributed by atoms with Gasteiger partial charge in [-0.25, -0.2) is 13.6 Å². The molecule has 4 aromatic carbocycles. The van der Waals surface area contributed by atoms with Gasteiger partial charge in [0.2, 0.25) is 10.0 Å². The molecule has 4 aromatic rings. The number of hydrogen-bond donors (Lipinski definition) is 1. The van der Waals surface area contributed by atoms with Gasteiger partial charge < -0.3 is 4.74 Å². The number of primary sulfonamides is 1. The Balaban J connectivity index is 2.20. The molecule has 30 heavy (non-hydrogen) atoms. The van der Waals surface area contributed by atoms with Crippen molar-refractivity contribution in [3.05, 3.63) is 66.7 Å². The van der Waals surface area contributed by atoms with Gasteiger partial charge in [0.15, 0.2) is 0 Å². The van der Waals surface area contributed by atoms with Crippen LogP contribution in [0.5, 0.6) is 5.75 Å². The van der Waals surface area contributed by atoms with E-state index in [9.17, 15) is 8.42 Å². The number of rotatable bonds is 4. The van der Waals surface area contributed by atoms with Crippen molar-refractivity contribution < 1.29 is 13.2 Å². The largest absolute Gasteiger partial charge is 0.496 e. The molecule has 0 bridgehead atoms. The molecule has 0 aliphatic carbocycles. The monoisotopic (exact) mass is 435 g/mol. The Kier molecular flexibility index (Phi) is 4.96. The minimum atomic E-state index is -3.95. The third-order valence-electron chi connectivity index (χ3n) is 5.51. The highest BCUT2D eigenvalue weighted by Crippen LogP contribution is 2.43. The second-order valence-electron chi connectivity index (χ2n) is 8.53. The highest BCUT2D eigenvalue weighted by Gasteiger charge is 2.24. The van der Waals surface area contributed by atoms with Crippen molar-refractivity contribution in [2.24, 2.45) is 5.14 Å². The number of nitrogens with two attached hydrogens (primary N) is 1. The highest BCUT2D eigenvalue weighted by atomic mass is 32.2. The van der Waals surface area contributed by atoms with Crippen molar-refractivity contribution in [3.8, 4) is 16.9 Å². The summed E-state index contributed by atoms with van der Waals surface area (Å²) in [6.07, 6.45) is 0. The second-order valence-corrected chi connectivity index (χ2v) is 15.1. The zero-order valence-electron chi connectivity index (χ0n) is 17.6. The van der Waals surface area contributed by atoms with Crippen molar-refractivity contribution in [3.63, 3.8) is 0 Å². The van der Waals surface area contributed by atoms with Gasteiger partial charge in [0.25, 0.3) is 0 Å². The Bertz CT molecular complexity index is 1390. The average molecular weight is 436 g/mol. The molecule has 4 rings (SSSR count). The van der Waals surface area contributed by atoms with Crippen LogP contribution in [0, 0.1) is 0 Å². The predicted molar refractivity (Wildman–Crippen MR) is 128 cm³/mol. The topological polar surface area (TPSA) is 69.4 Å². The summed E-state index contributed by atoms with van der Waals surface area (Å²) in [5, 5.41) is 10.7. The Labute approximate surface area is 178 Å². The van der Waals surface area contributed by atoms with Crippen LogP contribution >= 0.6 is 0 Å². The molecule has 0 aliphatic rings. The van der Waals surface area contributed by atoms with E-state index in [2.05, 4.69) is 37.8 Å². The van der Waals surface area contributed by atoms with Crippen LogP contribution in [-0.2, 0) is 10.0 Å². The maximum absolute atomic E-state index is 12.5. The van der Waals surface area contributed by atoms with Crippen molar-refractivity contribution in [1.29, 1.82) is 0 Å². The van der Waals surface area contributed by atoms with Gasteiger partial charge >= 0.3 is 0 Å². The summed E-state index contributed by atoms with van der Waals surface area (Å²) in [7, 11) is -3.85. The maximum Gasteiger partial charge on any atom is 0.238 e. The third-order valence-corrected chi connectivity index (χ3v) is 8.51. The molecule has 0 saturated carbocycles. The molecule has 154 valence electrons. The van der Waals surface area contributed by atoms with Gasteiger partial charge in [-0.15, -0.1) is 0 Å². The predicted octanol–water partition coefficient (Wildman–Crippen LogP) is 4.86. The smallest absolute Gasteiger partial charge is 0.238 e. The third kappa shape index (κ3) is 3.51. The molecule has 2 N–H and O–H groups in total. The molecule has 0 spiro atoms. The van der Waals surface area contributed by atoms with E-state index in [1.807, 2.05) is 36.4 Å². The van der Waals surface area contributed by atoms with E-state index >= 15 is 0 Å².